The van der Waals surface area contributed by atoms with Crippen LogP contribution in [0.1, 0.15) is 37.3 Å². The van der Waals surface area contributed by atoms with Gasteiger partial charge in [0.25, 0.3) is 0 Å². The van der Waals surface area contributed by atoms with Crippen LogP contribution in [0.3, 0.4) is 0 Å². The van der Waals surface area contributed by atoms with Crippen molar-refractivity contribution < 1.29 is 0 Å². The van der Waals surface area contributed by atoms with Gasteiger partial charge < -0.3 is 10.6 Å². The fraction of sp³-hybridized carbons (Fsp3) is 0.600. The summed E-state index contributed by atoms with van der Waals surface area (Å²) in [5.74, 6) is 0.582. The largest absolute Gasteiger partial charge is 0.324 e. The zero-order chi connectivity index (χ0) is 12.7. The number of piperidine rings is 1. The van der Waals surface area contributed by atoms with Gasteiger partial charge in [0.2, 0.25) is 0 Å². The Kier molecular flexibility index (Phi) is 3.35. The quantitative estimate of drug-likeness (QED) is 0.889. The molecular weight excluding hydrogens is 244 g/mol. The summed E-state index contributed by atoms with van der Waals surface area (Å²) in [4.78, 5) is 2.55. The van der Waals surface area contributed by atoms with Crippen molar-refractivity contribution in [3.8, 4) is 0 Å². The maximum atomic E-state index is 6.47. The topological polar surface area (TPSA) is 29.3 Å². The molecule has 0 aliphatic carbocycles. The van der Waals surface area contributed by atoms with E-state index < -0.39 is 0 Å². The molecule has 18 heavy (non-hydrogen) atoms. The molecule has 2 bridgehead atoms. The molecule has 2 fully saturated rings. The van der Waals surface area contributed by atoms with Crippen LogP contribution in [0.5, 0.6) is 0 Å². The fourth-order valence-electron chi connectivity index (χ4n) is 3.75. The Morgan fingerprint density at radius 1 is 1.22 bits per heavy atom. The van der Waals surface area contributed by atoms with Gasteiger partial charge in [-0.25, -0.2) is 0 Å². The van der Waals surface area contributed by atoms with Crippen LogP contribution in [0.25, 0.3) is 0 Å². The monoisotopic (exact) mass is 264 g/mol. The standard InChI is InChI=1S/C15H21ClN2/c1-18-11-6-7-12(18)9-10(8-11)15(17)13-4-2-3-5-14(13)16/h2-5,10-12,15H,6-9,17H2,1H3. The summed E-state index contributed by atoms with van der Waals surface area (Å²) in [6, 6.07) is 9.59. The van der Waals surface area contributed by atoms with Gasteiger partial charge in [0, 0.05) is 23.1 Å². The van der Waals surface area contributed by atoms with E-state index in [0.717, 1.165) is 22.7 Å². The van der Waals surface area contributed by atoms with Gasteiger partial charge in [-0.2, -0.15) is 0 Å². The number of benzene rings is 1. The maximum Gasteiger partial charge on any atom is 0.0453 e. The number of rotatable bonds is 2. The molecule has 2 aliphatic heterocycles. The molecule has 1 aromatic rings. The first kappa shape index (κ1) is 12.5. The maximum absolute atomic E-state index is 6.47. The van der Waals surface area contributed by atoms with Crippen molar-refractivity contribution >= 4 is 11.6 Å². The van der Waals surface area contributed by atoms with E-state index in [2.05, 4.69) is 18.0 Å². The van der Waals surface area contributed by atoms with Gasteiger partial charge in [-0.3, -0.25) is 0 Å². The number of halogens is 1. The molecule has 0 aromatic heterocycles. The highest BCUT2D eigenvalue weighted by atomic mass is 35.5. The zero-order valence-electron chi connectivity index (χ0n) is 10.8. The van der Waals surface area contributed by atoms with Crippen LogP contribution < -0.4 is 5.73 Å². The summed E-state index contributed by atoms with van der Waals surface area (Å²) in [5.41, 5.74) is 7.58. The molecule has 3 unspecified atom stereocenters. The van der Waals surface area contributed by atoms with Gasteiger partial charge in [-0.1, -0.05) is 29.8 Å². The Labute approximate surface area is 114 Å². The Morgan fingerprint density at radius 3 is 2.44 bits per heavy atom. The van der Waals surface area contributed by atoms with Crippen LogP contribution in [-0.2, 0) is 0 Å². The summed E-state index contributed by atoms with van der Waals surface area (Å²) < 4.78 is 0. The molecule has 98 valence electrons. The second-order valence-corrected chi connectivity index (χ2v) is 6.24. The third-order valence-corrected chi connectivity index (χ3v) is 5.25. The lowest BCUT2D eigenvalue weighted by Gasteiger charge is -2.39. The molecule has 2 nitrogen and oxygen atoms in total. The van der Waals surface area contributed by atoms with E-state index in [0.29, 0.717) is 5.92 Å². The Hall–Kier alpha value is -0.570. The second kappa shape index (κ2) is 4.84. The minimum Gasteiger partial charge on any atom is -0.324 e. The van der Waals surface area contributed by atoms with Crippen molar-refractivity contribution in [1.29, 1.82) is 0 Å². The predicted molar refractivity (Wildman–Crippen MR) is 75.7 cm³/mol. The molecule has 2 N–H and O–H groups in total. The third kappa shape index (κ3) is 2.07. The summed E-state index contributed by atoms with van der Waals surface area (Å²) in [6.07, 6.45) is 5.12. The lowest BCUT2D eigenvalue weighted by atomic mass is 9.82. The van der Waals surface area contributed by atoms with Crippen molar-refractivity contribution in [2.24, 2.45) is 11.7 Å². The van der Waals surface area contributed by atoms with E-state index in [1.165, 1.54) is 25.7 Å². The predicted octanol–water partition coefficient (Wildman–Crippen LogP) is 3.21. The average molecular weight is 265 g/mol. The van der Waals surface area contributed by atoms with Crippen LogP contribution in [0, 0.1) is 5.92 Å². The van der Waals surface area contributed by atoms with Crippen LogP contribution in [0.15, 0.2) is 24.3 Å². The van der Waals surface area contributed by atoms with Crippen LogP contribution in [0.4, 0.5) is 0 Å². The summed E-state index contributed by atoms with van der Waals surface area (Å²) in [7, 11) is 2.26. The van der Waals surface area contributed by atoms with E-state index in [1.54, 1.807) is 0 Å². The van der Waals surface area contributed by atoms with E-state index in [1.807, 2.05) is 18.2 Å². The SMILES string of the molecule is CN1C2CCC1CC(C(N)c1ccccc1Cl)C2. The van der Waals surface area contributed by atoms with Crippen molar-refractivity contribution in [2.45, 2.75) is 43.8 Å². The first-order valence-electron chi connectivity index (χ1n) is 6.88. The van der Waals surface area contributed by atoms with Gasteiger partial charge >= 0.3 is 0 Å². The minimum absolute atomic E-state index is 0.0931. The number of nitrogens with two attached hydrogens (primary N) is 1. The minimum atomic E-state index is 0.0931. The van der Waals surface area contributed by atoms with E-state index >= 15 is 0 Å². The second-order valence-electron chi connectivity index (χ2n) is 5.83. The summed E-state index contributed by atoms with van der Waals surface area (Å²) >= 11 is 6.26. The Bertz CT molecular complexity index is 420. The molecule has 0 amide bonds. The van der Waals surface area contributed by atoms with Crippen molar-refractivity contribution in [2.75, 3.05) is 7.05 Å². The lowest BCUT2D eigenvalue weighted by molar-refractivity contribution is 0.121. The Morgan fingerprint density at radius 2 is 1.83 bits per heavy atom. The highest BCUT2D eigenvalue weighted by molar-refractivity contribution is 6.31. The molecule has 0 saturated carbocycles. The average Bonchev–Trinajstić information content (AvgIpc) is 2.61. The van der Waals surface area contributed by atoms with Gasteiger partial charge in [0.1, 0.15) is 0 Å². The van der Waals surface area contributed by atoms with Crippen molar-refractivity contribution in [3.63, 3.8) is 0 Å². The van der Waals surface area contributed by atoms with Crippen LogP contribution >= 0.6 is 11.6 Å². The number of fused-ring (bicyclic) bond motifs is 2. The smallest absolute Gasteiger partial charge is 0.0453 e. The Balaban J connectivity index is 1.78. The van der Waals surface area contributed by atoms with Crippen molar-refractivity contribution in [3.05, 3.63) is 34.9 Å². The highest BCUT2D eigenvalue weighted by Crippen LogP contribution is 2.42. The van der Waals surface area contributed by atoms with Gasteiger partial charge in [-0.05, 0) is 50.3 Å². The molecule has 3 rings (SSSR count). The van der Waals surface area contributed by atoms with Crippen molar-refractivity contribution in [1.82, 2.24) is 4.90 Å². The van der Waals surface area contributed by atoms with Gasteiger partial charge in [0.15, 0.2) is 0 Å². The van der Waals surface area contributed by atoms with Crippen LogP contribution in [0.2, 0.25) is 5.02 Å². The van der Waals surface area contributed by atoms with Crippen LogP contribution in [-0.4, -0.2) is 24.0 Å². The highest BCUT2D eigenvalue weighted by Gasteiger charge is 2.40. The zero-order valence-corrected chi connectivity index (χ0v) is 11.6. The molecule has 2 aliphatic rings. The molecule has 3 atom stereocenters. The van der Waals surface area contributed by atoms with Gasteiger partial charge in [-0.15, -0.1) is 0 Å². The normalized spacial score (nSPS) is 33.6. The van der Waals surface area contributed by atoms with E-state index in [-0.39, 0.29) is 6.04 Å². The molecule has 1 aromatic carbocycles. The number of nitrogens with zero attached hydrogens (tertiary/aromatic N) is 1. The summed E-state index contributed by atoms with van der Waals surface area (Å²) in [5, 5.41) is 0.816. The fourth-order valence-corrected chi connectivity index (χ4v) is 4.01. The molecular formula is C15H21ClN2. The van der Waals surface area contributed by atoms with E-state index in [9.17, 15) is 0 Å². The first-order valence-corrected chi connectivity index (χ1v) is 7.26. The van der Waals surface area contributed by atoms with Gasteiger partial charge in [0.05, 0.1) is 0 Å². The molecule has 2 heterocycles. The molecule has 2 saturated heterocycles. The van der Waals surface area contributed by atoms with E-state index in [4.69, 9.17) is 17.3 Å². The lowest BCUT2D eigenvalue weighted by Crippen LogP contribution is -2.42. The molecule has 3 heteroatoms. The molecule has 0 radical (unpaired) electrons. The number of hydrogen-bond donors (Lipinski definition) is 1. The first-order chi connectivity index (χ1) is 8.66. The third-order valence-electron chi connectivity index (χ3n) is 4.91. The number of hydrogen-bond acceptors (Lipinski definition) is 2. The summed E-state index contributed by atoms with van der Waals surface area (Å²) in [6.45, 7) is 0. The molecule has 0 spiro atoms.